The van der Waals surface area contributed by atoms with Gasteiger partial charge >= 0.3 is 5.63 Å². The zero-order valence-electron chi connectivity index (χ0n) is 21.5. The summed E-state index contributed by atoms with van der Waals surface area (Å²) in [6.07, 6.45) is 0.666. The van der Waals surface area contributed by atoms with Gasteiger partial charge in [-0.3, -0.25) is 0 Å². The van der Waals surface area contributed by atoms with Crippen LogP contribution in [0.2, 0.25) is 0 Å². The molecule has 0 saturated heterocycles. The molecule has 0 fully saturated rings. The number of nitrogens with zero attached hydrogens (tertiary/aromatic N) is 1. The van der Waals surface area contributed by atoms with Gasteiger partial charge in [0.15, 0.2) is 23.0 Å². The summed E-state index contributed by atoms with van der Waals surface area (Å²) in [6.45, 7) is 2.89. The average Bonchev–Trinajstić information content (AvgIpc) is 3.29. The van der Waals surface area contributed by atoms with Gasteiger partial charge in [-0.15, -0.1) is 0 Å². The van der Waals surface area contributed by atoms with Crippen LogP contribution in [0.1, 0.15) is 12.5 Å². The molecule has 3 aromatic carbocycles. The van der Waals surface area contributed by atoms with Gasteiger partial charge in [-0.25, -0.2) is 9.18 Å². The second-order valence-corrected chi connectivity index (χ2v) is 9.04. The van der Waals surface area contributed by atoms with Crippen LogP contribution < -0.4 is 24.6 Å². The molecular formula is C30H26FNO6. The Hall–Kier alpha value is -4.46. The van der Waals surface area contributed by atoms with Crippen LogP contribution in [-0.4, -0.2) is 32.5 Å². The maximum Gasteiger partial charge on any atom is 0.361 e. The summed E-state index contributed by atoms with van der Waals surface area (Å²) in [5, 5.41) is 1.15. The molecule has 1 aliphatic heterocycles. The van der Waals surface area contributed by atoms with Crippen molar-refractivity contribution in [3.05, 3.63) is 70.3 Å². The molecule has 0 spiro atoms. The Labute approximate surface area is 217 Å². The number of hydrogen-bond donors (Lipinski definition) is 0. The largest absolute Gasteiger partial charge is 0.493 e. The van der Waals surface area contributed by atoms with E-state index in [-0.39, 0.29) is 0 Å². The molecule has 0 saturated carbocycles. The van der Waals surface area contributed by atoms with E-state index in [0.717, 1.165) is 27.9 Å². The fraction of sp³-hybridized carbons (Fsp3) is 0.233. The third kappa shape index (κ3) is 3.51. The minimum Gasteiger partial charge on any atom is -0.493 e. The van der Waals surface area contributed by atoms with Gasteiger partial charge in [-0.2, -0.15) is 0 Å². The highest BCUT2D eigenvalue weighted by molar-refractivity contribution is 6.16. The first kappa shape index (κ1) is 23.9. The second-order valence-electron chi connectivity index (χ2n) is 9.04. The lowest BCUT2D eigenvalue weighted by Gasteiger charge is -2.23. The summed E-state index contributed by atoms with van der Waals surface area (Å²) in [5.41, 5.74) is 4.58. The van der Waals surface area contributed by atoms with Gasteiger partial charge < -0.3 is 27.9 Å². The Kier molecular flexibility index (Phi) is 5.75. The number of benzene rings is 3. The van der Waals surface area contributed by atoms with Crippen LogP contribution in [0.15, 0.2) is 57.7 Å². The Bertz CT molecular complexity index is 1780. The third-order valence-electron chi connectivity index (χ3n) is 7.09. The smallest absolute Gasteiger partial charge is 0.361 e. The van der Waals surface area contributed by atoms with Crippen molar-refractivity contribution in [3.63, 3.8) is 0 Å². The van der Waals surface area contributed by atoms with E-state index in [9.17, 15) is 9.18 Å². The lowest BCUT2D eigenvalue weighted by atomic mass is 9.91. The molecule has 0 unspecified atom stereocenters. The van der Waals surface area contributed by atoms with E-state index >= 15 is 0 Å². The first-order chi connectivity index (χ1) is 18.5. The first-order valence-corrected chi connectivity index (χ1v) is 12.3. The molecule has 38 heavy (non-hydrogen) atoms. The maximum absolute atomic E-state index is 14.6. The zero-order valence-corrected chi connectivity index (χ0v) is 21.5. The molecule has 1 aliphatic rings. The molecule has 194 valence electrons. The number of aromatic nitrogens is 1. The van der Waals surface area contributed by atoms with Crippen LogP contribution >= 0.6 is 0 Å². The number of aryl methyl sites for hydroxylation is 2. The quantitative estimate of drug-likeness (QED) is 0.251. The number of ether oxygens (including phenoxy) is 4. The Morgan fingerprint density at radius 1 is 0.921 bits per heavy atom. The summed E-state index contributed by atoms with van der Waals surface area (Å²) >= 11 is 0. The van der Waals surface area contributed by atoms with Crippen LogP contribution in [0.3, 0.4) is 0 Å². The number of fused-ring (bicyclic) bond motifs is 7. The molecule has 3 heterocycles. The van der Waals surface area contributed by atoms with Crippen molar-refractivity contribution in [1.29, 1.82) is 0 Å². The second kappa shape index (κ2) is 9.13. The van der Waals surface area contributed by atoms with E-state index in [2.05, 4.69) is 0 Å². The molecule has 0 radical (unpaired) electrons. The molecular weight excluding hydrogens is 489 g/mol. The van der Waals surface area contributed by atoms with Crippen molar-refractivity contribution in [2.24, 2.45) is 0 Å². The summed E-state index contributed by atoms with van der Waals surface area (Å²) in [4.78, 5) is 13.4. The number of methoxy groups -OCH3 is 3. The van der Waals surface area contributed by atoms with Crippen molar-refractivity contribution in [3.8, 4) is 45.4 Å². The van der Waals surface area contributed by atoms with Gasteiger partial charge in [0.25, 0.3) is 0 Å². The molecule has 6 rings (SSSR count). The lowest BCUT2D eigenvalue weighted by molar-refractivity contribution is 0.311. The fourth-order valence-electron chi connectivity index (χ4n) is 5.49. The maximum atomic E-state index is 14.6. The highest BCUT2D eigenvalue weighted by Crippen LogP contribution is 2.49. The summed E-state index contributed by atoms with van der Waals surface area (Å²) in [7, 11) is 4.78. The van der Waals surface area contributed by atoms with E-state index in [0.29, 0.717) is 64.4 Å². The summed E-state index contributed by atoms with van der Waals surface area (Å²) < 4.78 is 44.8. The predicted octanol–water partition coefficient (Wildman–Crippen LogP) is 6.20. The van der Waals surface area contributed by atoms with Crippen molar-refractivity contribution in [2.45, 2.75) is 19.9 Å². The van der Waals surface area contributed by atoms with Gasteiger partial charge in [0, 0.05) is 28.4 Å². The van der Waals surface area contributed by atoms with Gasteiger partial charge in [0.1, 0.15) is 16.9 Å². The van der Waals surface area contributed by atoms with E-state index < -0.39 is 11.4 Å². The molecule has 0 amide bonds. The lowest BCUT2D eigenvalue weighted by Crippen LogP contribution is -2.15. The van der Waals surface area contributed by atoms with Crippen LogP contribution in [0.4, 0.5) is 4.39 Å². The SMILES string of the molecule is CCOc1cc(-c2c3n(c4c(=O)oc5ccc(F)cc5c24)CCc2cc(OC)c(OC)cc2-3)ccc1OC. The minimum atomic E-state index is -0.478. The van der Waals surface area contributed by atoms with Gasteiger partial charge in [0.05, 0.1) is 33.6 Å². The van der Waals surface area contributed by atoms with Crippen LogP contribution in [0.5, 0.6) is 23.0 Å². The highest BCUT2D eigenvalue weighted by atomic mass is 19.1. The Balaban J connectivity index is 1.80. The molecule has 0 atom stereocenters. The van der Waals surface area contributed by atoms with Crippen molar-refractivity contribution in [1.82, 2.24) is 4.57 Å². The van der Waals surface area contributed by atoms with Crippen molar-refractivity contribution in [2.75, 3.05) is 27.9 Å². The Morgan fingerprint density at radius 2 is 1.68 bits per heavy atom. The average molecular weight is 516 g/mol. The third-order valence-corrected chi connectivity index (χ3v) is 7.09. The van der Waals surface area contributed by atoms with E-state index in [1.165, 1.54) is 18.2 Å². The van der Waals surface area contributed by atoms with E-state index in [1.54, 1.807) is 21.3 Å². The topological polar surface area (TPSA) is 72.1 Å². The zero-order chi connectivity index (χ0) is 26.6. The minimum absolute atomic E-state index is 0.319. The molecule has 8 heteroatoms. The molecule has 2 aromatic heterocycles. The fourth-order valence-corrected chi connectivity index (χ4v) is 5.49. The summed E-state index contributed by atoms with van der Waals surface area (Å²) in [5.74, 6) is 1.95. The van der Waals surface area contributed by atoms with Crippen molar-refractivity contribution < 1.29 is 27.8 Å². The first-order valence-electron chi connectivity index (χ1n) is 12.3. The summed E-state index contributed by atoms with van der Waals surface area (Å²) in [6, 6.07) is 13.8. The van der Waals surface area contributed by atoms with E-state index in [4.69, 9.17) is 23.4 Å². The van der Waals surface area contributed by atoms with Crippen LogP contribution in [-0.2, 0) is 13.0 Å². The van der Waals surface area contributed by atoms with Crippen molar-refractivity contribution >= 4 is 21.9 Å². The van der Waals surface area contributed by atoms with Gasteiger partial charge in [0.2, 0.25) is 0 Å². The molecule has 0 aliphatic carbocycles. The molecule has 5 aromatic rings. The number of halogens is 1. The number of rotatable bonds is 6. The van der Waals surface area contributed by atoms with Crippen LogP contribution in [0.25, 0.3) is 44.3 Å². The molecule has 0 bridgehead atoms. The normalized spacial score (nSPS) is 12.3. The highest BCUT2D eigenvalue weighted by Gasteiger charge is 2.30. The van der Waals surface area contributed by atoms with Crippen LogP contribution in [0, 0.1) is 5.82 Å². The van der Waals surface area contributed by atoms with E-state index in [1.807, 2.05) is 41.8 Å². The van der Waals surface area contributed by atoms with Gasteiger partial charge in [-0.05, 0) is 66.9 Å². The molecule has 0 N–H and O–H groups in total. The molecule has 7 nitrogen and oxygen atoms in total. The number of hydrogen-bond acceptors (Lipinski definition) is 6. The predicted molar refractivity (Wildman–Crippen MR) is 143 cm³/mol. The van der Waals surface area contributed by atoms with Gasteiger partial charge in [-0.1, -0.05) is 6.07 Å². The Morgan fingerprint density at radius 3 is 2.42 bits per heavy atom. The standard InChI is InChI=1S/C30H26FNO6/c1-5-37-25-13-17(6-8-22(25)34-2)26-27-20-14-18(31)7-9-21(20)38-30(33)29(27)32-11-10-16-12-23(35-3)24(36-4)15-19(16)28(26)32/h6-9,12-15H,5,10-11H2,1-4H3. The monoisotopic (exact) mass is 515 g/mol.